The summed E-state index contributed by atoms with van der Waals surface area (Å²) in [6.45, 7) is 7.99. The summed E-state index contributed by atoms with van der Waals surface area (Å²) in [6, 6.07) is -1.32. The maximum Gasteiger partial charge on any atom is 0.408 e. The Morgan fingerprint density at radius 2 is 1.76 bits per heavy atom. The Kier molecular flexibility index (Phi) is 5.64. The lowest BCUT2D eigenvalue weighted by Gasteiger charge is -2.21. The number of ether oxygens (including phenoxy) is 2. The molecule has 0 aromatic rings. The molecule has 0 aliphatic carbocycles. The van der Waals surface area contributed by atoms with Gasteiger partial charge in [-0.15, -0.1) is 0 Å². The fraction of sp³-hybridized carbons (Fsp3) is 0.727. The van der Waals surface area contributed by atoms with Crippen molar-refractivity contribution in [1.82, 2.24) is 5.32 Å². The molecule has 0 bridgehead atoms. The third-order valence-electron chi connectivity index (χ3n) is 1.59. The minimum absolute atomic E-state index is 0.138. The molecule has 6 nitrogen and oxygen atoms in total. The fourth-order valence-corrected chi connectivity index (χ4v) is 0.978. The van der Waals surface area contributed by atoms with E-state index in [1.807, 2.05) is 0 Å². The normalized spacial score (nSPS) is 12.5. The van der Waals surface area contributed by atoms with Crippen molar-refractivity contribution < 1.29 is 23.9 Å². The Morgan fingerprint density at radius 3 is 2.12 bits per heavy atom. The molecule has 0 radical (unpaired) electrons. The van der Waals surface area contributed by atoms with Gasteiger partial charge in [-0.05, 0) is 34.6 Å². The van der Waals surface area contributed by atoms with Crippen LogP contribution in [0.3, 0.4) is 0 Å². The minimum Gasteiger partial charge on any atom is -0.464 e. The summed E-state index contributed by atoms with van der Waals surface area (Å²) in [5, 5.41) is 2.17. The van der Waals surface area contributed by atoms with E-state index in [0.29, 0.717) is 0 Å². The van der Waals surface area contributed by atoms with E-state index in [0.717, 1.165) is 0 Å². The van der Waals surface area contributed by atoms with Crippen LogP contribution in [0, 0.1) is 0 Å². The second-order valence-electron chi connectivity index (χ2n) is 4.44. The van der Waals surface area contributed by atoms with Gasteiger partial charge < -0.3 is 14.8 Å². The molecule has 98 valence electrons. The number of amides is 1. The number of carbonyl (C=O) groups is 3. The molecular formula is C11H19NO5. The standard InChI is InChI=1S/C11H19NO5/c1-6-16-9(14)8(7(2)13)12-10(15)17-11(3,4)5/h8H,6H2,1-5H3,(H,12,15)/t8-/m0/s1. The Balaban J connectivity index is 4.51. The first kappa shape index (κ1) is 15.4. The van der Waals surface area contributed by atoms with E-state index in [2.05, 4.69) is 10.1 Å². The fourth-order valence-electron chi connectivity index (χ4n) is 0.978. The zero-order chi connectivity index (χ0) is 13.6. The zero-order valence-electron chi connectivity index (χ0n) is 10.8. The number of alkyl carbamates (subject to hydrolysis) is 1. The first-order valence-electron chi connectivity index (χ1n) is 5.34. The van der Waals surface area contributed by atoms with Gasteiger partial charge in [-0.1, -0.05) is 0 Å². The van der Waals surface area contributed by atoms with Gasteiger partial charge in [0.25, 0.3) is 0 Å². The van der Waals surface area contributed by atoms with Crippen LogP contribution in [0.5, 0.6) is 0 Å². The largest absolute Gasteiger partial charge is 0.464 e. The van der Waals surface area contributed by atoms with E-state index in [-0.39, 0.29) is 6.61 Å². The summed E-state index contributed by atoms with van der Waals surface area (Å²) < 4.78 is 9.60. The van der Waals surface area contributed by atoms with Crippen LogP contribution in [0.15, 0.2) is 0 Å². The predicted molar refractivity (Wildman–Crippen MR) is 60.5 cm³/mol. The molecule has 0 aliphatic heterocycles. The van der Waals surface area contributed by atoms with Gasteiger partial charge in [-0.2, -0.15) is 0 Å². The number of rotatable bonds is 4. The summed E-state index contributed by atoms with van der Waals surface area (Å²) in [7, 11) is 0. The molecule has 0 aromatic heterocycles. The molecule has 0 saturated heterocycles. The van der Waals surface area contributed by atoms with Crippen LogP contribution in [0.1, 0.15) is 34.6 Å². The second-order valence-corrected chi connectivity index (χ2v) is 4.44. The summed E-state index contributed by atoms with van der Waals surface area (Å²) >= 11 is 0. The van der Waals surface area contributed by atoms with Crippen molar-refractivity contribution in [3.05, 3.63) is 0 Å². The highest BCUT2D eigenvalue weighted by Gasteiger charge is 2.28. The van der Waals surface area contributed by atoms with Crippen molar-refractivity contribution in [1.29, 1.82) is 0 Å². The molecule has 0 aromatic carbocycles. The van der Waals surface area contributed by atoms with Gasteiger partial charge >= 0.3 is 12.1 Å². The summed E-state index contributed by atoms with van der Waals surface area (Å²) in [5.74, 6) is -1.29. The van der Waals surface area contributed by atoms with Gasteiger partial charge in [0.2, 0.25) is 0 Å². The SMILES string of the molecule is CCOC(=O)[C@@H](NC(=O)OC(C)(C)C)C(C)=O. The van der Waals surface area contributed by atoms with Crippen LogP contribution < -0.4 is 5.32 Å². The first-order valence-corrected chi connectivity index (χ1v) is 5.34. The van der Waals surface area contributed by atoms with E-state index in [1.165, 1.54) is 6.92 Å². The van der Waals surface area contributed by atoms with Gasteiger partial charge in [0.05, 0.1) is 6.61 Å². The molecular weight excluding hydrogens is 226 g/mol. The topological polar surface area (TPSA) is 81.7 Å². The van der Waals surface area contributed by atoms with Crippen LogP contribution in [-0.4, -0.2) is 36.1 Å². The van der Waals surface area contributed by atoms with Gasteiger partial charge in [0.15, 0.2) is 11.8 Å². The molecule has 6 heteroatoms. The van der Waals surface area contributed by atoms with E-state index in [9.17, 15) is 14.4 Å². The van der Waals surface area contributed by atoms with Crippen molar-refractivity contribution >= 4 is 17.8 Å². The Labute approximate surface area is 101 Å². The first-order chi connectivity index (χ1) is 7.67. The summed E-state index contributed by atoms with van der Waals surface area (Å²) in [6.07, 6.45) is -0.828. The number of esters is 1. The van der Waals surface area contributed by atoms with E-state index < -0.39 is 29.5 Å². The van der Waals surface area contributed by atoms with E-state index >= 15 is 0 Å². The number of hydrogen-bond acceptors (Lipinski definition) is 5. The Morgan fingerprint density at radius 1 is 1.24 bits per heavy atom. The highest BCUT2D eigenvalue weighted by atomic mass is 16.6. The molecule has 0 unspecified atom stereocenters. The maximum absolute atomic E-state index is 11.4. The lowest BCUT2D eigenvalue weighted by Crippen LogP contribution is -2.48. The van der Waals surface area contributed by atoms with Crippen LogP contribution in [0.2, 0.25) is 0 Å². The maximum atomic E-state index is 11.4. The van der Waals surface area contributed by atoms with E-state index in [4.69, 9.17) is 4.74 Å². The van der Waals surface area contributed by atoms with Crippen molar-refractivity contribution in [2.45, 2.75) is 46.3 Å². The molecule has 0 aliphatic rings. The quantitative estimate of drug-likeness (QED) is 0.591. The Bertz CT molecular complexity index is 305. The molecule has 0 spiro atoms. The zero-order valence-corrected chi connectivity index (χ0v) is 10.8. The molecule has 17 heavy (non-hydrogen) atoms. The third-order valence-corrected chi connectivity index (χ3v) is 1.59. The molecule has 1 atom stereocenters. The number of carbonyl (C=O) groups excluding carboxylic acids is 3. The summed E-state index contributed by atoms with van der Waals surface area (Å²) in [5.41, 5.74) is -0.694. The molecule has 0 saturated carbocycles. The molecule has 0 heterocycles. The lowest BCUT2D eigenvalue weighted by atomic mass is 10.2. The van der Waals surface area contributed by atoms with Crippen molar-refractivity contribution in [2.75, 3.05) is 6.61 Å². The van der Waals surface area contributed by atoms with E-state index in [1.54, 1.807) is 27.7 Å². The van der Waals surface area contributed by atoms with Crippen LogP contribution in [-0.2, 0) is 19.1 Å². The average Bonchev–Trinajstić information content (AvgIpc) is 2.11. The molecule has 1 N–H and O–H groups in total. The molecule has 0 rings (SSSR count). The summed E-state index contributed by atoms with van der Waals surface area (Å²) in [4.78, 5) is 34.0. The van der Waals surface area contributed by atoms with Crippen molar-refractivity contribution in [2.24, 2.45) is 0 Å². The predicted octanol–water partition coefficient (Wildman–Crippen LogP) is 1.03. The number of nitrogens with one attached hydrogen (secondary N) is 1. The van der Waals surface area contributed by atoms with Gasteiger partial charge in [0.1, 0.15) is 5.60 Å². The number of Topliss-reactive ketones (excluding diaryl/α,β-unsaturated/α-hetero) is 1. The number of ketones is 1. The lowest BCUT2D eigenvalue weighted by molar-refractivity contribution is -0.148. The molecule has 1 amide bonds. The third kappa shape index (κ3) is 6.55. The highest BCUT2D eigenvalue weighted by molar-refractivity contribution is 6.04. The highest BCUT2D eigenvalue weighted by Crippen LogP contribution is 2.07. The van der Waals surface area contributed by atoms with Crippen LogP contribution >= 0.6 is 0 Å². The monoisotopic (exact) mass is 245 g/mol. The van der Waals surface area contributed by atoms with Gasteiger partial charge in [-0.3, -0.25) is 4.79 Å². The van der Waals surface area contributed by atoms with Crippen molar-refractivity contribution in [3.63, 3.8) is 0 Å². The van der Waals surface area contributed by atoms with Crippen molar-refractivity contribution in [3.8, 4) is 0 Å². The molecule has 0 fully saturated rings. The smallest absolute Gasteiger partial charge is 0.408 e. The minimum atomic E-state index is -1.32. The Hall–Kier alpha value is -1.59. The average molecular weight is 245 g/mol. The number of hydrogen-bond donors (Lipinski definition) is 1. The van der Waals surface area contributed by atoms with Crippen LogP contribution in [0.4, 0.5) is 4.79 Å². The second kappa shape index (κ2) is 6.22. The van der Waals surface area contributed by atoms with Gasteiger partial charge in [0, 0.05) is 0 Å². The van der Waals surface area contributed by atoms with Gasteiger partial charge in [-0.25, -0.2) is 9.59 Å². The van der Waals surface area contributed by atoms with Crippen LogP contribution in [0.25, 0.3) is 0 Å².